The molecule has 0 unspecified atom stereocenters. The van der Waals surface area contributed by atoms with E-state index in [4.69, 9.17) is 14.5 Å². The smallest absolute Gasteiger partial charge is 0.257 e. The van der Waals surface area contributed by atoms with Crippen LogP contribution in [0.3, 0.4) is 0 Å². The summed E-state index contributed by atoms with van der Waals surface area (Å²) < 4.78 is 11.7. The van der Waals surface area contributed by atoms with Gasteiger partial charge in [-0.05, 0) is 72.9 Å². The first kappa shape index (κ1) is 24.1. The van der Waals surface area contributed by atoms with Gasteiger partial charge in [0, 0.05) is 42.8 Å². The Morgan fingerprint density at radius 3 is 2.78 bits per heavy atom. The Kier molecular flexibility index (Phi) is 6.94. The largest absolute Gasteiger partial charge is 0.483 e. The average molecular weight is 498 g/mol. The molecule has 1 N–H and O–H groups in total. The molecular formula is C31H35N3O3. The van der Waals surface area contributed by atoms with Gasteiger partial charge in [-0.2, -0.15) is 0 Å². The molecule has 0 spiro atoms. The molecule has 1 saturated heterocycles. The summed E-state index contributed by atoms with van der Waals surface area (Å²) in [5.74, 6) is 2.62. The number of aromatic nitrogens is 1. The minimum absolute atomic E-state index is 0.0312. The lowest BCUT2D eigenvalue weighted by Gasteiger charge is -2.27. The van der Waals surface area contributed by atoms with E-state index in [0.717, 1.165) is 78.4 Å². The topological polar surface area (TPSA) is 63.7 Å². The molecule has 37 heavy (non-hydrogen) atoms. The van der Waals surface area contributed by atoms with Crippen molar-refractivity contribution in [1.29, 1.82) is 0 Å². The minimum atomic E-state index is -0.0519. The number of hydrogen-bond donors (Lipinski definition) is 1. The Morgan fingerprint density at radius 2 is 1.97 bits per heavy atom. The van der Waals surface area contributed by atoms with E-state index in [1.54, 1.807) is 0 Å². The molecule has 6 heteroatoms. The summed E-state index contributed by atoms with van der Waals surface area (Å²) in [6.45, 7) is 6.82. The molecule has 3 aliphatic rings. The van der Waals surface area contributed by atoms with Crippen LogP contribution in [-0.2, 0) is 16.1 Å². The van der Waals surface area contributed by atoms with Crippen molar-refractivity contribution in [3.8, 4) is 16.9 Å². The first-order chi connectivity index (χ1) is 18.1. The summed E-state index contributed by atoms with van der Waals surface area (Å²) in [7, 11) is 0. The second kappa shape index (κ2) is 10.6. The first-order valence-corrected chi connectivity index (χ1v) is 13.5. The summed E-state index contributed by atoms with van der Waals surface area (Å²) in [6, 6.07) is 16.7. The van der Waals surface area contributed by atoms with Gasteiger partial charge < -0.3 is 14.8 Å². The fourth-order valence-corrected chi connectivity index (χ4v) is 6.13. The SMILES string of the molecule is Cc1cc(-c2ccc(OCC(=O)NC[C@@H]3C[C@H]4C=C[C@@H]3C4)c(CN3CCOCC3)c2)c2ccccc2n1. The van der Waals surface area contributed by atoms with Gasteiger partial charge in [0.05, 0.1) is 18.7 Å². The van der Waals surface area contributed by atoms with Crippen LogP contribution in [0.15, 0.2) is 60.7 Å². The normalized spacial score (nSPS) is 23.0. The summed E-state index contributed by atoms with van der Waals surface area (Å²) in [6.07, 6.45) is 7.10. The lowest BCUT2D eigenvalue weighted by molar-refractivity contribution is -0.123. The first-order valence-electron chi connectivity index (χ1n) is 13.5. The summed E-state index contributed by atoms with van der Waals surface area (Å²) in [5.41, 5.74) is 5.37. The number of pyridine rings is 1. The number of allylic oxidation sites excluding steroid dienone is 2. The maximum atomic E-state index is 12.7. The van der Waals surface area contributed by atoms with Gasteiger partial charge in [-0.3, -0.25) is 14.7 Å². The lowest BCUT2D eigenvalue weighted by Crippen LogP contribution is -2.36. The van der Waals surface area contributed by atoms with Crippen LogP contribution in [-0.4, -0.2) is 55.2 Å². The van der Waals surface area contributed by atoms with E-state index in [9.17, 15) is 4.79 Å². The van der Waals surface area contributed by atoms with E-state index < -0.39 is 0 Å². The number of hydrogen-bond acceptors (Lipinski definition) is 5. The molecular weight excluding hydrogens is 462 g/mol. The molecule has 1 amide bonds. The molecule has 3 atom stereocenters. The highest BCUT2D eigenvalue weighted by Crippen LogP contribution is 2.43. The van der Waals surface area contributed by atoms with E-state index in [1.807, 2.05) is 19.1 Å². The zero-order chi connectivity index (χ0) is 25.2. The highest BCUT2D eigenvalue weighted by atomic mass is 16.5. The average Bonchev–Trinajstić information content (AvgIpc) is 3.55. The molecule has 1 aromatic heterocycles. The molecule has 6 rings (SSSR count). The zero-order valence-corrected chi connectivity index (χ0v) is 21.5. The van der Waals surface area contributed by atoms with E-state index in [1.165, 1.54) is 12.8 Å². The maximum Gasteiger partial charge on any atom is 0.257 e. The number of carbonyl (C=O) groups excluding carboxylic acids is 1. The molecule has 192 valence electrons. The highest BCUT2D eigenvalue weighted by molar-refractivity contribution is 5.94. The number of para-hydroxylation sites is 1. The van der Waals surface area contributed by atoms with Crippen molar-refractivity contribution in [3.63, 3.8) is 0 Å². The number of fused-ring (bicyclic) bond motifs is 3. The van der Waals surface area contributed by atoms with Crippen molar-refractivity contribution in [3.05, 3.63) is 71.9 Å². The van der Waals surface area contributed by atoms with E-state index >= 15 is 0 Å². The molecule has 2 aromatic carbocycles. The van der Waals surface area contributed by atoms with Crippen molar-refractivity contribution < 1.29 is 14.3 Å². The van der Waals surface area contributed by atoms with Crippen LogP contribution in [0, 0.1) is 24.7 Å². The van der Waals surface area contributed by atoms with Gasteiger partial charge in [0.15, 0.2) is 6.61 Å². The Balaban J connectivity index is 1.20. The van der Waals surface area contributed by atoms with Gasteiger partial charge >= 0.3 is 0 Å². The number of nitrogens with one attached hydrogen (secondary N) is 1. The van der Waals surface area contributed by atoms with Crippen molar-refractivity contribution in [2.24, 2.45) is 17.8 Å². The lowest BCUT2D eigenvalue weighted by atomic mass is 9.94. The van der Waals surface area contributed by atoms with Crippen LogP contribution in [0.2, 0.25) is 0 Å². The number of carbonyl (C=O) groups is 1. The second-order valence-electron chi connectivity index (χ2n) is 10.7. The molecule has 0 radical (unpaired) electrons. The van der Waals surface area contributed by atoms with Gasteiger partial charge in [0.1, 0.15) is 5.75 Å². The molecule has 1 saturated carbocycles. The van der Waals surface area contributed by atoms with Crippen molar-refractivity contribution in [2.45, 2.75) is 26.3 Å². The number of aryl methyl sites for hydroxylation is 1. The highest BCUT2D eigenvalue weighted by Gasteiger charge is 2.35. The minimum Gasteiger partial charge on any atom is -0.483 e. The fourth-order valence-electron chi connectivity index (χ4n) is 6.13. The summed E-state index contributed by atoms with van der Waals surface area (Å²) in [5, 5.41) is 4.25. The van der Waals surface area contributed by atoms with Crippen LogP contribution in [0.25, 0.3) is 22.0 Å². The number of amides is 1. The third kappa shape index (κ3) is 5.41. The van der Waals surface area contributed by atoms with Crippen LogP contribution < -0.4 is 10.1 Å². The molecule has 2 heterocycles. The predicted octanol–water partition coefficient (Wildman–Crippen LogP) is 4.75. The second-order valence-corrected chi connectivity index (χ2v) is 10.7. The Morgan fingerprint density at radius 1 is 1.11 bits per heavy atom. The number of rotatable bonds is 8. The Hall–Kier alpha value is -3.22. The van der Waals surface area contributed by atoms with Crippen molar-refractivity contribution in [2.75, 3.05) is 39.5 Å². The van der Waals surface area contributed by atoms with Gasteiger partial charge in [-0.1, -0.05) is 36.4 Å². The third-order valence-electron chi connectivity index (χ3n) is 8.05. The summed E-state index contributed by atoms with van der Waals surface area (Å²) >= 11 is 0. The molecule has 1 aliphatic heterocycles. The standard InChI is InChI=1S/C31H35N3O3/c1-21-14-28(27-4-2-3-5-29(27)33-21)24-8-9-30(26(17-24)19-34-10-12-36-13-11-34)37-20-31(35)32-18-25-16-22-6-7-23(25)15-22/h2-9,14,17,22-23,25H,10-13,15-16,18-20H2,1H3,(H,32,35)/t22-,23+,25-/m0/s1. The third-order valence-corrected chi connectivity index (χ3v) is 8.05. The maximum absolute atomic E-state index is 12.7. The van der Waals surface area contributed by atoms with Crippen molar-refractivity contribution in [1.82, 2.24) is 15.2 Å². The quantitative estimate of drug-likeness (QED) is 0.455. The van der Waals surface area contributed by atoms with Crippen LogP contribution >= 0.6 is 0 Å². The molecule has 6 nitrogen and oxygen atoms in total. The zero-order valence-electron chi connectivity index (χ0n) is 21.5. The van der Waals surface area contributed by atoms with Crippen molar-refractivity contribution >= 4 is 16.8 Å². The van der Waals surface area contributed by atoms with E-state index in [-0.39, 0.29) is 12.5 Å². The Labute approximate surface area is 218 Å². The monoisotopic (exact) mass is 497 g/mol. The van der Waals surface area contributed by atoms with Gasteiger partial charge in [-0.25, -0.2) is 0 Å². The van der Waals surface area contributed by atoms with Gasteiger partial charge in [0.25, 0.3) is 5.91 Å². The number of nitrogens with zero attached hydrogens (tertiary/aromatic N) is 2. The molecule has 3 aromatic rings. The molecule has 2 fully saturated rings. The van der Waals surface area contributed by atoms with E-state index in [0.29, 0.717) is 17.8 Å². The Bertz CT molecular complexity index is 1310. The number of benzene rings is 2. The van der Waals surface area contributed by atoms with Crippen LogP contribution in [0.1, 0.15) is 24.1 Å². The molecule has 2 aliphatic carbocycles. The number of morpholine rings is 1. The summed E-state index contributed by atoms with van der Waals surface area (Å²) in [4.78, 5) is 19.8. The number of ether oxygens (including phenoxy) is 2. The van der Waals surface area contributed by atoms with Gasteiger partial charge in [-0.15, -0.1) is 0 Å². The predicted molar refractivity (Wildman–Crippen MR) is 145 cm³/mol. The van der Waals surface area contributed by atoms with Crippen LogP contribution in [0.4, 0.5) is 0 Å². The van der Waals surface area contributed by atoms with Gasteiger partial charge in [0.2, 0.25) is 0 Å². The fraction of sp³-hybridized carbons (Fsp3) is 0.419. The van der Waals surface area contributed by atoms with Crippen LogP contribution in [0.5, 0.6) is 5.75 Å². The molecule has 2 bridgehead atoms. The van der Waals surface area contributed by atoms with E-state index in [2.05, 4.69) is 58.8 Å².